The van der Waals surface area contributed by atoms with E-state index in [-0.39, 0.29) is 32.7 Å². The van der Waals surface area contributed by atoms with Crippen LogP contribution in [0.1, 0.15) is 38.1 Å². The number of aliphatic hydroxyl groups is 1. The van der Waals surface area contributed by atoms with Crippen molar-refractivity contribution in [1.82, 2.24) is 9.38 Å². The number of hydrogen-bond donors (Lipinski definition) is 1. The van der Waals surface area contributed by atoms with Crippen LogP contribution in [0.3, 0.4) is 0 Å². The maximum atomic E-state index is 15.0. The molecular formula is C22H17ClFN5O3S. The first-order chi connectivity index (χ1) is 15.5. The van der Waals surface area contributed by atoms with Gasteiger partial charge < -0.3 is 10.0 Å². The van der Waals surface area contributed by atoms with Crippen LogP contribution >= 0.6 is 23.8 Å². The Hall–Kier alpha value is -3.39. The standard InChI is InChI=1S/C22H17ClFN5O3S/c1-11(30)17-8-18(31)27-10-14(7-16(24)19(27)26-17)29-21(33)28(20(32)22(29,2)3)13-5-4-12(9-25)15(23)6-13/h4-8,10-11,30H,1-3H3. The number of halogens is 2. The van der Waals surface area contributed by atoms with E-state index in [1.165, 1.54) is 35.1 Å². The lowest BCUT2D eigenvalue weighted by atomic mass is 10.0. The Kier molecular flexibility index (Phi) is 5.44. The molecule has 1 atom stereocenters. The molecule has 1 aliphatic rings. The van der Waals surface area contributed by atoms with Crippen LogP contribution in [0.25, 0.3) is 5.65 Å². The van der Waals surface area contributed by atoms with Gasteiger partial charge in [-0.2, -0.15) is 5.26 Å². The van der Waals surface area contributed by atoms with E-state index in [4.69, 9.17) is 29.1 Å². The van der Waals surface area contributed by atoms with Crippen molar-refractivity contribution in [3.63, 3.8) is 0 Å². The fourth-order valence-corrected chi connectivity index (χ4v) is 4.43. The van der Waals surface area contributed by atoms with Crippen molar-refractivity contribution in [2.45, 2.75) is 32.4 Å². The molecule has 0 bridgehead atoms. The van der Waals surface area contributed by atoms with Crippen molar-refractivity contribution in [3.8, 4) is 6.07 Å². The summed E-state index contributed by atoms with van der Waals surface area (Å²) < 4.78 is 16.0. The van der Waals surface area contributed by atoms with Crippen LogP contribution in [-0.4, -0.2) is 31.0 Å². The molecule has 4 rings (SSSR count). The first kappa shape index (κ1) is 22.8. The zero-order chi connectivity index (χ0) is 24.2. The summed E-state index contributed by atoms with van der Waals surface area (Å²) in [4.78, 5) is 32.6. The minimum Gasteiger partial charge on any atom is -0.387 e. The third-order valence-corrected chi connectivity index (χ3v) is 6.09. The number of nitriles is 1. The Bertz CT molecular complexity index is 1450. The number of fused-ring (bicyclic) bond motifs is 1. The van der Waals surface area contributed by atoms with Crippen molar-refractivity contribution in [3.05, 3.63) is 69.0 Å². The molecule has 8 nitrogen and oxygen atoms in total. The van der Waals surface area contributed by atoms with Gasteiger partial charge in [0.1, 0.15) is 11.6 Å². The number of carbonyl (C=O) groups is 1. The van der Waals surface area contributed by atoms with Gasteiger partial charge in [-0.25, -0.2) is 9.37 Å². The molecule has 1 aromatic carbocycles. The largest absolute Gasteiger partial charge is 0.387 e. The zero-order valence-corrected chi connectivity index (χ0v) is 19.3. The fourth-order valence-electron chi connectivity index (χ4n) is 3.69. The lowest BCUT2D eigenvalue weighted by molar-refractivity contribution is -0.120. The lowest BCUT2D eigenvalue weighted by Crippen LogP contribution is -2.44. The molecule has 1 aliphatic heterocycles. The number of benzene rings is 1. The smallest absolute Gasteiger partial charge is 0.259 e. The SMILES string of the molecule is CC(O)c1cc(=O)n2cc(N3C(=S)N(c4ccc(C#N)c(Cl)c4)C(=O)C3(C)C)cc(F)c2n1. The van der Waals surface area contributed by atoms with Gasteiger partial charge in [-0.15, -0.1) is 0 Å². The quantitative estimate of drug-likeness (QED) is 0.568. The Morgan fingerprint density at radius 2 is 1.94 bits per heavy atom. The number of thiocarbonyl (C=S) groups is 1. The summed E-state index contributed by atoms with van der Waals surface area (Å²) in [5.74, 6) is -1.22. The average Bonchev–Trinajstić information content (AvgIpc) is 2.92. The first-order valence-corrected chi connectivity index (χ1v) is 10.6. The predicted octanol–water partition coefficient (Wildman–Crippen LogP) is 3.33. The molecular weight excluding hydrogens is 469 g/mol. The number of nitrogens with zero attached hydrogens (tertiary/aromatic N) is 5. The number of hydrogen-bond acceptors (Lipinski definition) is 6. The molecule has 0 spiro atoms. The predicted molar refractivity (Wildman–Crippen MR) is 125 cm³/mol. The Morgan fingerprint density at radius 1 is 1.24 bits per heavy atom. The van der Waals surface area contributed by atoms with Gasteiger partial charge in [0.05, 0.1) is 33.8 Å². The molecule has 1 unspecified atom stereocenters. The number of aliphatic hydroxyl groups excluding tert-OH is 1. The summed E-state index contributed by atoms with van der Waals surface area (Å²) in [5, 5.41) is 19.0. The second-order valence-corrected chi connectivity index (χ2v) is 8.80. The van der Waals surface area contributed by atoms with Gasteiger partial charge in [0.15, 0.2) is 16.6 Å². The van der Waals surface area contributed by atoms with Crippen molar-refractivity contribution in [2.75, 3.05) is 9.80 Å². The maximum Gasteiger partial charge on any atom is 0.259 e. The average molecular weight is 486 g/mol. The highest BCUT2D eigenvalue weighted by Gasteiger charge is 2.50. The molecule has 0 aliphatic carbocycles. The van der Waals surface area contributed by atoms with Crippen LogP contribution in [0.2, 0.25) is 5.02 Å². The van der Waals surface area contributed by atoms with Crippen LogP contribution < -0.4 is 15.4 Å². The van der Waals surface area contributed by atoms with Crippen molar-refractivity contribution >= 4 is 51.9 Å². The summed E-state index contributed by atoms with van der Waals surface area (Å²) >= 11 is 11.7. The molecule has 3 heterocycles. The van der Waals surface area contributed by atoms with Crippen LogP contribution in [0.5, 0.6) is 0 Å². The molecule has 11 heteroatoms. The molecule has 1 amide bonds. The van der Waals surface area contributed by atoms with E-state index in [2.05, 4.69) is 4.98 Å². The molecule has 0 radical (unpaired) electrons. The molecule has 0 saturated carbocycles. The highest BCUT2D eigenvalue weighted by Crippen LogP contribution is 2.37. The van der Waals surface area contributed by atoms with E-state index in [0.717, 1.165) is 16.5 Å². The molecule has 1 N–H and O–H groups in total. The van der Waals surface area contributed by atoms with Crippen molar-refractivity contribution in [1.29, 1.82) is 5.26 Å². The molecule has 33 heavy (non-hydrogen) atoms. The molecule has 168 valence electrons. The molecule has 2 aromatic heterocycles. The van der Waals surface area contributed by atoms with E-state index in [9.17, 15) is 14.7 Å². The lowest BCUT2D eigenvalue weighted by Gasteiger charge is -2.29. The molecule has 1 fully saturated rings. The van der Waals surface area contributed by atoms with E-state index >= 15 is 4.39 Å². The Balaban J connectivity index is 1.86. The van der Waals surface area contributed by atoms with Crippen LogP contribution in [-0.2, 0) is 4.79 Å². The summed E-state index contributed by atoms with van der Waals surface area (Å²) in [6.07, 6.45) is 0.299. The highest BCUT2D eigenvalue weighted by molar-refractivity contribution is 7.81. The van der Waals surface area contributed by atoms with E-state index < -0.39 is 28.9 Å². The monoisotopic (exact) mass is 485 g/mol. The van der Waals surface area contributed by atoms with Gasteiger partial charge in [-0.05, 0) is 51.2 Å². The summed E-state index contributed by atoms with van der Waals surface area (Å²) in [5.41, 5.74) is -1.27. The third-order valence-electron chi connectivity index (χ3n) is 5.41. The van der Waals surface area contributed by atoms with Crippen molar-refractivity contribution in [2.24, 2.45) is 0 Å². The minimum atomic E-state index is -1.23. The minimum absolute atomic E-state index is 0.0442. The van der Waals surface area contributed by atoms with Gasteiger partial charge in [-0.3, -0.25) is 18.9 Å². The highest BCUT2D eigenvalue weighted by atomic mass is 35.5. The summed E-state index contributed by atoms with van der Waals surface area (Å²) in [6.45, 7) is 4.66. The Morgan fingerprint density at radius 3 is 2.55 bits per heavy atom. The maximum absolute atomic E-state index is 15.0. The van der Waals surface area contributed by atoms with Gasteiger partial charge in [0.2, 0.25) is 0 Å². The fraction of sp³-hybridized carbons (Fsp3) is 0.227. The molecule has 3 aromatic rings. The van der Waals surface area contributed by atoms with E-state index in [1.807, 2.05) is 6.07 Å². The number of carbonyl (C=O) groups excluding carboxylic acids is 1. The van der Waals surface area contributed by atoms with Gasteiger partial charge in [-0.1, -0.05) is 11.6 Å². The van der Waals surface area contributed by atoms with Gasteiger partial charge in [0, 0.05) is 18.3 Å². The van der Waals surface area contributed by atoms with E-state index in [1.54, 1.807) is 19.9 Å². The number of aromatic nitrogens is 2. The van der Waals surface area contributed by atoms with Gasteiger partial charge in [0.25, 0.3) is 11.5 Å². The zero-order valence-electron chi connectivity index (χ0n) is 17.7. The number of rotatable bonds is 3. The van der Waals surface area contributed by atoms with E-state index in [0.29, 0.717) is 5.69 Å². The normalized spacial score (nSPS) is 16.4. The second kappa shape index (κ2) is 7.88. The molecule has 1 saturated heterocycles. The second-order valence-electron chi connectivity index (χ2n) is 8.03. The van der Waals surface area contributed by atoms with Crippen molar-refractivity contribution < 1.29 is 14.3 Å². The number of anilines is 2. The van der Waals surface area contributed by atoms with Crippen LogP contribution in [0, 0.1) is 17.1 Å². The van der Waals surface area contributed by atoms with Gasteiger partial charge >= 0.3 is 0 Å². The summed E-state index contributed by atoms with van der Waals surface area (Å²) in [7, 11) is 0. The Labute approximate surface area is 198 Å². The van der Waals surface area contributed by atoms with Crippen LogP contribution in [0.15, 0.2) is 41.3 Å². The number of amides is 1. The number of pyridine rings is 1. The van der Waals surface area contributed by atoms with Crippen LogP contribution in [0.4, 0.5) is 15.8 Å². The third kappa shape index (κ3) is 3.54. The topological polar surface area (TPSA) is 102 Å². The summed E-state index contributed by atoms with van der Waals surface area (Å²) in [6, 6.07) is 8.67. The first-order valence-electron chi connectivity index (χ1n) is 9.76.